The van der Waals surface area contributed by atoms with E-state index in [4.69, 9.17) is 5.11 Å². The van der Waals surface area contributed by atoms with E-state index in [0.29, 0.717) is 5.57 Å². The van der Waals surface area contributed by atoms with Gasteiger partial charge in [-0.1, -0.05) is 20.8 Å². The number of aliphatic hydroxyl groups is 1. The van der Waals surface area contributed by atoms with Crippen molar-refractivity contribution >= 4 is 5.97 Å². The molecule has 80 valence electrons. The molecule has 0 heterocycles. The number of carbonyl (C=O) groups is 1. The molecule has 0 amide bonds. The van der Waals surface area contributed by atoms with Crippen molar-refractivity contribution in [1.29, 1.82) is 0 Å². The van der Waals surface area contributed by atoms with Gasteiger partial charge in [-0.15, -0.1) is 0 Å². The van der Waals surface area contributed by atoms with Crippen LogP contribution in [0.3, 0.4) is 0 Å². The standard InChI is InChI=1S/C11H18O3/c1-7(10(13)14)6-9(8(2)12)11(3,4)5/h6,12H,1-5H3,(H,13,14)/b7-6+,9-8-. The van der Waals surface area contributed by atoms with Gasteiger partial charge in [-0.05, 0) is 30.9 Å². The zero-order chi connectivity index (χ0) is 11.5. The number of carboxylic acid groups (broad SMARTS) is 1. The van der Waals surface area contributed by atoms with Crippen LogP contribution in [-0.2, 0) is 4.79 Å². The lowest BCUT2D eigenvalue weighted by molar-refractivity contribution is -0.132. The zero-order valence-corrected chi connectivity index (χ0v) is 9.38. The van der Waals surface area contributed by atoms with E-state index in [1.807, 2.05) is 20.8 Å². The number of aliphatic hydroxyl groups excluding tert-OH is 1. The van der Waals surface area contributed by atoms with Crippen LogP contribution in [-0.4, -0.2) is 16.2 Å². The quantitative estimate of drug-likeness (QED) is 0.407. The van der Waals surface area contributed by atoms with Crippen LogP contribution in [0.15, 0.2) is 23.0 Å². The molecule has 0 aliphatic heterocycles. The fourth-order valence-electron chi connectivity index (χ4n) is 1.14. The number of hydrogen-bond acceptors (Lipinski definition) is 2. The topological polar surface area (TPSA) is 57.5 Å². The van der Waals surface area contributed by atoms with Crippen molar-refractivity contribution in [3.05, 3.63) is 23.0 Å². The van der Waals surface area contributed by atoms with Gasteiger partial charge in [-0.2, -0.15) is 0 Å². The fraction of sp³-hybridized carbons (Fsp3) is 0.545. The summed E-state index contributed by atoms with van der Waals surface area (Å²) in [4.78, 5) is 10.6. The molecular formula is C11H18O3. The van der Waals surface area contributed by atoms with Crippen LogP contribution in [0.4, 0.5) is 0 Å². The Morgan fingerprint density at radius 2 is 1.57 bits per heavy atom. The van der Waals surface area contributed by atoms with Gasteiger partial charge in [0.05, 0.1) is 5.76 Å². The average molecular weight is 198 g/mol. The second kappa shape index (κ2) is 4.31. The molecule has 3 nitrogen and oxygen atoms in total. The third-order valence-electron chi connectivity index (χ3n) is 1.90. The molecule has 0 radical (unpaired) electrons. The SMILES string of the molecule is C/C(O)=C(\C=C(/C)C(=O)O)C(C)(C)C. The van der Waals surface area contributed by atoms with Crippen molar-refractivity contribution in [2.45, 2.75) is 34.6 Å². The predicted molar refractivity (Wildman–Crippen MR) is 56.2 cm³/mol. The number of carboxylic acids is 1. The first-order valence-electron chi connectivity index (χ1n) is 4.48. The molecule has 0 fully saturated rings. The Morgan fingerprint density at radius 3 is 1.79 bits per heavy atom. The lowest BCUT2D eigenvalue weighted by Gasteiger charge is -2.21. The molecule has 2 N–H and O–H groups in total. The van der Waals surface area contributed by atoms with Gasteiger partial charge in [0.2, 0.25) is 0 Å². The Labute approximate surface area is 84.8 Å². The monoisotopic (exact) mass is 198 g/mol. The third-order valence-corrected chi connectivity index (χ3v) is 1.90. The minimum Gasteiger partial charge on any atom is -0.512 e. The van der Waals surface area contributed by atoms with Gasteiger partial charge in [-0.25, -0.2) is 4.79 Å². The molecule has 0 aromatic rings. The summed E-state index contributed by atoms with van der Waals surface area (Å²) in [5, 5.41) is 18.1. The maximum atomic E-state index is 10.6. The Balaban J connectivity index is 5.22. The number of aliphatic carboxylic acids is 1. The van der Waals surface area contributed by atoms with Crippen molar-refractivity contribution in [1.82, 2.24) is 0 Å². The van der Waals surface area contributed by atoms with Crippen molar-refractivity contribution in [2.75, 3.05) is 0 Å². The molecule has 0 aliphatic rings. The normalized spacial score (nSPS) is 15.1. The van der Waals surface area contributed by atoms with Crippen molar-refractivity contribution < 1.29 is 15.0 Å². The smallest absolute Gasteiger partial charge is 0.331 e. The van der Waals surface area contributed by atoms with Gasteiger partial charge < -0.3 is 10.2 Å². The number of rotatable bonds is 2. The Kier molecular flexibility index (Phi) is 3.93. The number of allylic oxidation sites excluding steroid dienone is 3. The molecule has 3 heteroatoms. The van der Waals surface area contributed by atoms with Crippen LogP contribution in [0.1, 0.15) is 34.6 Å². The van der Waals surface area contributed by atoms with Crippen LogP contribution in [0.5, 0.6) is 0 Å². The van der Waals surface area contributed by atoms with E-state index in [1.54, 1.807) is 6.92 Å². The van der Waals surface area contributed by atoms with E-state index in [-0.39, 0.29) is 16.7 Å². The number of hydrogen-bond donors (Lipinski definition) is 2. The highest BCUT2D eigenvalue weighted by molar-refractivity contribution is 5.86. The maximum Gasteiger partial charge on any atom is 0.331 e. The average Bonchev–Trinajstić information content (AvgIpc) is 1.96. The zero-order valence-electron chi connectivity index (χ0n) is 9.38. The summed E-state index contributed by atoms with van der Waals surface area (Å²) in [5.74, 6) is -0.800. The van der Waals surface area contributed by atoms with Crippen LogP contribution in [0.2, 0.25) is 0 Å². The molecule has 0 saturated carbocycles. The Bertz CT molecular complexity index is 286. The minimum absolute atomic E-state index is 0.165. The molecule has 0 atom stereocenters. The highest BCUT2D eigenvalue weighted by Crippen LogP contribution is 2.29. The molecule has 0 aromatic heterocycles. The first-order chi connectivity index (χ1) is 6.16. The molecular weight excluding hydrogens is 180 g/mol. The van der Waals surface area contributed by atoms with Crippen molar-refractivity contribution in [2.24, 2.45) is 5.41 Å². The first kappa shape index (κ1) is 12.8. The third kappa shape index (κ3) is 3.64. The van der Waals surface area contributed by atoms with Gasteiger partial charge >= 0.3 is 5.97 Å². The summed E-state index contributed by atoms with van der Waals surface area (Å²) in [5.41, 5.74) is 0.621. The summed E-state index contributed by atoms with van der Waals surface area (Å²) < 4.78 is 0. The second-order valence-electron chi connectivity index (χ2n) is 4.38. The molecule has 0 aliphatic carbocycles. The molecule has 14 heavy (non-hydrogen) atoms. The maximum absolute atomic E-state index is 10.6. The summed E-state index contributed by atoms with van der Waals surface area (Å²) in [6.07, 6.45) is 1.51. The van der Waals surface area contributed by atoms with E-state index in [0.717, 1.165) is 0 Å². The summed E-state index contributed by atoms with van der Waals surface area (Å²) in [6, 6.07) is 0. The largest absolute Gasteiger partial charge is 0.512 e. The van der Waals surface area contributed by atoms with E-state index in [2.05, 4.69) is 0 Å². The van der Waals surface area contributed by atoms with Crippen LogP contribution in [0.25, 0.3) is 0 Å². The van der Waals surface area contributed by atoms with Crippen molar-refractivity contribution in [3.63, 3.8) is 0 Å². The van der Waals surface area contributed by atoms with Crippen LogP contribution < -0.4 is 0 Å². The highest BCUT2D eigenvalue weighted by Gasteiger charge is 2.18. The lowest BCUT2D eigenvalue weighted by atomic mass is 9.84. The Morgan fingerprint density at radius 1 is 1.14 bits per heavy atom. The molecule has 0 aromatic carbocycles. The van der Waals surface area contributed by atoms with E-state index < -0.39 is 5.97 Å². The molecule has 0 spiro atoms. The first-order valence-corrected chi connectivity index (χ1v) is 4.48. The highest BCUT2D eigenvalue weighted by atomic mass is 16.4. The molecule has 0 saturated heterocycles. The summed E-state index contributed by atoms with van der Waals surface area (Å²) in [6.45, 7) is 8.85. The molecule has 0 rings (SSSR count). The summed E-state index contributed by atoms with van der Waals surface area (Å²) in [7, 11) is 0. The van der Waals surface area contributed by atoms with E-state index in [1.165, 1.54) is 13.0 Å². The van der Waals surface area contributed by atoms with Gasteiger partial charge in [0.1, 0.15) is 0 Å². The Hall–Kier alpha value is -1.25. The molecule has 0 unspecified atom stereocenters. The lowest BCUT2D eigenvalue weighted by Crippen LogP contribution is -2.11. The van der Waals surface area contributed by atoms with Gasteiger partial charge in [0, 0.05) is 5.57 Å². The van der Waals surface area contributed by atoms with Gasteiger partial charge in [0.15, 0.2) is 0 Å². The minimum atomic E-state index is -0.965. The predicted octanol–water partition coefficient (Wildman–Crippen LogP) is 2.90. The van der Waals surface area contributed by atoms with Gasteiger partial charge in [0.25, 0.3) is 0 Å². The van der Waals surface area contributed by atoms with E-state index >= 15 is 0 Å². The second-order valence-corrected chi connectivity index (χ2v) is 4.38. The molecule has 0 bridgehead atoms. The van der Waals surface area contributed by atoms with E-state index in [9.17, 15) is 9.90 Å². The van der Waals surface area contributed by atoms with Gasteiger partial charge in [-0.3, -0.25) is 0 Å². The summed E-state index contributed by atoms with van der Waals surface area (Å²) >= 11 is 0. The van der Waals surface area contributed by atoms with Crippen molar-refractivity contribution in [3.8, 4) is 0 Å². The fourth-order valence-corrected chi connectivity index (χ4v) is 1.14. The van der Waals surface area contributed by atoms with Crippen LogP contribution >= 0.6 is 0 Å². The van der Waals surface area contributed by atoms with Crippen LogP contribution in [0, 0.1) is 5.41 Å².